The van der Waals surface area contributed by atoms with E-state index in [1.54, 1.807) is 4.90 Å². The third-order valence-corrected chi connectivity index (χ3v) is 5.07. The van der Waals surface area contributed by atoms with Gasteiger partial charge >= 0.3 is 5.97 Å². The van der Waals surface area contributed by atoms with E-state index in [1.165, 1.54) is 0 Å². The number of hydrogen-bond donors (Lipinski definition) is 1. The SMILES string of the molecule is O=C1OCC2C(=O)N3Cc4cc5ccccc5nc4C3=CC2C1O. The third kappa shape index (κ3) is 1.71. The van der Waals surface area contributed by atoms with Crippen LogP contribution in [0.1, 0.15) is 11.3 Å². The fourth-order valence-corrected chi connectivity index (χ4v) is 3.82. The van der Waals surface area contributed by atoms with Crippen LogP contribution >= 0.6 is 0 Å². The smallest absolute Gasteiger partial charge is 0.335 e. The first-order valence-electron chi connectivity index (χ1n) is 7.90. The van der Waals surface area contributed by atoms with E-state index in [0.29, 0.717) is 12.2 Å². The summed E-state index contributed by atoms with van der Waals surface area (Å²) in [4.78, 5) is 30.8. The molecule has 1 saturated heterocycles. The quantitative estimate of drug-likeness (QED) is 0.734. The van der Waals surface area contributed by atoms with E-state index in [4.69, 9.17) is 9.72 Å². The fourth-order valence-electron chi connectivity index (χ4n) is 3.82. The molecule has 4 heterocycles. The largest absolute Gasteiger partial charge is 0.463 e. The monoisotopic (exact) mass is 322 g/mol. The minimum atomic E-state index is -1.30. The topological polar surface area (TPSA) is 79.7 Å². The van der Waals surface area contributed by atoms with E-state index < -0.39 is 23.9 Å². The van der Waals surface area contributed by atoms with Gasteiger partial charge in [-0.3, -0.25) is 4.79 Å². The molecule has 3 unspecified atom stereocenters. The van der Waals surface area contributed by atoms with Crippen LogP contribution in [0.3, 0.4) is 0 Å². The highest BCUT2D eigenvalue weighted by Gasteiger charge is 2.49. The maximum absolute atomic E-state index is 12.8. The zero-order valence-corrected chi connectivity index (χ0v) is 12.7. The van der Waals surface area contributed by atoms with Crippen molar-refractivity contribution in [3.05, 3.63) is 47.7 Å². The Morgan fingerprint density at radius 1 is 1.25 bits per heavy atom. The minimum absolute atomic E-state index is 0.0193. The van der Waals surface area contributed by atoms with Gasteiger partial charge in [0.05, 0.1) is 29.4 Å². The molecule has 0 spiro atoms. The van der Waals surface area contributed by atoms with Crippen molar-refractivity contribution in [1.82, 2.24) is 9.88 Å². The van der Waals surface area contributed by atoms with Crippen molar-refractivity contribution >= 4 is 28.5 Å². The molecule has 1 N–H and O–H groups in total. The van der Waals surface area contributed by atoms with Gasteiger partial charge < -0.3 is 14.7 Å². The molecule has 1 amide bonds. The van der Waals surface area contributed by atoms with Gasteiger partial charge in [0.2, 0.25) is 5.91 Å². The number of hydrogen-bond acceptors (Lipinski definition) is 5. The summed E-state index contributed by atoms with van der Waals surface area (Å²) in [7, 11) is 0. The molecule has 120 valence electrons. The van der Waals surface area contributed by atoms with Gasteiger partial charge in [-0.1, -0.05) is 24.3 Å². The Bertz CT molecular complexity index is 936. The van der Waals surface area contributed by atoms with Crippen LogP contribution in [0.25, 0.3) is 16.6 Å². The third-order valence-electron chi connectivity index (χ3n) is 5.07. The Kier molecular flexibility index (Phi) is 2.65. The molecule has 0 radical (unpaired) electrons. The minimum Gasteiger partial charge on any atom is -0.463 e. The second kappa shape index (κ2) is 4.64. The predicted molar refractivity (Wildman–Crippen MR) is 84.2 cm³/mol. The van der Waals surface area contributed by atoms with Crippen LogP contribution in [0, 0.1) is 11.8 Å². The summed E-state index contributed by atoms with van der Waals surface area (Å²) in [6.07, 6.45) is 0.511. The number of carbonyl (C=O) groups is 2. The van der Waals surface area contributed by atoms with E-state index in [9.17, 15) is 14.7 Å². The number of para-hydroxylation sites is 1. The van der Waals surface area contributed by atoms with Crippen LogP contribution in [0.15, 0.2) is 36.4 Å². The molecule has 1 aromatic heterocycles. The van der Waals surface area contributed by atoms with Crippen molar-refractivity contribution < 1.29 is 19.4 Å². The summed E-state index contributed by atoms with van der Waals surface area (Å²) in [5, 5.41) is 11.1. The van der Waals surface area contributed by atoms with Crippen molar-refractivity contribution in [1.29, 1.82) is 0 Å². The summed E-state index contributed by atoms with van der Waals surface area (Å²) in [5.41, 5.74) is 3.29. The summed E-state index contributed by atoms with van der Waals surface area (Å²) >= 11 is 0. The fraction of sp³-hybridized carbons (Fsp3) is 0.278. The molecule has 3 atom stereocenters. The normalized spacial score (nSPS) is 28.1. The van der Waals surface area contributed by atoms with E-state index in [1.807, 2.05) is 36.4 Å². The number of rotatable bonds is 0. The molecule has 6 heteroatoms. The number of aromatic nitrogens is 1. The van der Waals surface area contributed by atoms with Crippen LogP contribution in [-0.4, -0.2) is 39.6 Å². The van der Waals surface area contributed by atoms with Crippen molar-refractivity contribution in [3.63, 3.8) is 0 Å². The Hall–Kier alpha value is -2.73. The average Bonchev–Trinajstić information content (AvgIpc) is 2.95. The molecular formula is C18H14N2O4. The maximum Gasteiger partial charge on any atom is 0.335 e. The van der Waals surface area contributed by atoms with Gasteiger partial charge in [0.25, 0.3) is 0 Å². The number of carbonyl (C=O) groups excluding carboxylic acids is 2. The first-order valence-corrected chi connectivity index (χ1v) is 7.90. The molecule has 1 fully saturated rings. The lowest BCUT2D eigenvalue weighted by atomic mass is 9.81. The number of pyridine rings is 1. The lowest BCUT2D eigenvalue weighted by molar-refractivity contribution is -0.171. The molecule has 1 aromatic carbocycles. The summed E-state index contributed by atoms with van der Waals surface area (Å²) < 4.78 is 4.94. The Labute approximate surface area is 137 Å². The number of esters is 1. The average molecular weight is 322 g/mol. The molecule has 0 bridgehead atoms. The number of nitrogens with zero attached hydrogens (tertiary/aromatic N) is 2. The lowest BCUT2D eigenvalue weighted by Gasteiger charge is -2.38. The molecule has 2 aromatic rings. The number of aliphatic hydroxyl groups is 1. The van der Waals surface area contributed by atoms with Crippen LogP contribution in [-0.2, 0) is 20.9 Å². The van der Waals surface area contributed by atoms with Crippen LogP contribution in [0.5, 0.6) is 0 Å². The van der Waals surface area contributed by atoms with Crippen molar-refractivity contribution in [2.45, 2.75) is 12.6 Å². The van der Waals surface area contributed by atoms with Crippen molar-refractivity contribution in [3.8, 4) is 0 Å². The van der Waals surface area contributed by atoms with E-state index >= 15 is 0 Å². The molecule has 24 heavy (non-hydrogen) atoms. The maximum atomic E-state index is 12.8. The van der Waals surface area contributed by atoms with Crippen molar-refractivity contribution in [2.75, 3.05) is 6.61 Å². The number of aliphatic hydroxyl groups excluding tert-OH is 1. The zero-order chi connectivity index (χ0) is 16.4. The number of benzene rings is 1. The molecule has 0 aliphatic carbocycles. The molecular weight excluding hydrogens is 308 g/mol. The van der Waals surface area contributed by atoms with Gasteiger partial charge in [-0.25, -0.2) is 9.78 Å². The van der Waals surface area contributed by atoms with Gasteiger partial charge in [0, 0.05) is 16.9 Å². The second-order valence-corrected chi connectivity index (χ2v) is 6.42. The van der Waals surface area contributed by atoms with Gasteiger partial charge in [0.15, 0.2) is 6.10 Å². The lowest BCUT2D eigenvalue weighted by Crippen LogP contribution is -2.51. The number of amides is 1. The summed E-state index contributed by atoms with van der Waals surface area (Å²) in [6, 6.07) is 9.85. The first kappa shape index (κ1) is 13.7. The summed E-state index contributed by atoms with van der Waals surface area (Å²) in [5.74, 6) is -1.86. The number of cyclic esters (lactones) is 1. The van der Waals surface area contributed by atoms with Crippen molar-refractivity contribution in [2.24, 2.45) is 11.8 Å². The first-order chi connectivity index (χ1) is 11.6. The van der Waals surface area contributed by atoms with Crippen LogP contribution in [0.2, 0.25) is 0 Å². The van der Waals surface area contributed by atoms with Gasteiger partial charge in [-0.2, -0.15) is 0 Å². The van der Waals surface area contributed by atoms with Gasteiger partial charge in [0.1, 0.15) is 6.61 Å². The highest BCUT2D eigenvalue weighted by Crippen LogP contribution is 2.42. The van der Waals surface area contributed by atoms with Crippen LogP contribution in [0.4, 0.5) is 0 Å². The Morgan fingerprint density at radius 3 is 2.96 bits per heavy atom. The highest BCUT2D eigenvalue weighted by molar-refractivity contribution is 5.96. The van der Waals surface area contributed by atoms with Crippen LogP contribution < -0.4 is 0 Å². The van der Waals surface area contributed by atoms with E-state index in [2.05, 4.69) is 0 Å². The molecule has 0 saturated carbocycles. The molecule has 3 aliphatic heterocycles. The second-order valence-electron chi connectivity index (χ2n) is 6.42. The number of ether oxygens (including phenoxy) is 1. The summed E-state index contributed by atoms with van der Waals surface area (Å²) in [6.45, 7) is 0.483. The number of fused-ring (bicyclic) bond motifs is 5. The molecule has 6 nitrogen and oxygen atoms in total. The predicted octanol–water partition coefficient (Wildman–Crippen LogP) is 1.08. The molecule has 3 aliphatic rings. The Balaban J connectivity index is 1.67. The molecule has 5 rings (SSSR count). The van der Waals surface area contributed by atoms with E-state index in [-0.39, 0.29) is 12.5 Å². The Morgan fingerprint density at radius 2 is 2.08 bits per heavy atom. The standard InChI is InChI=1S/C18H14N2O4/c21-16-11-6-14-15-10(5-9-3-1-2-4-13(9)19-15)7-20(14)17(22)12(11)8-24-18(16)23/h1-6,11-12,16,21H,7-8H2. The van der Waals surface area contributed by atoms with Gasteiger partial charge in [-0.05, 0) is 12.1 Å². The van der Waals surface area contributed by atoms with Gasteiger partial charge in [-0.15, -0.1) is 0 Å². The highest BCUT2D eigenvalue weighted by atomic mass is 16.5. The zero-order valence-electron chi connectivity index (χ0n) is 12.7. The van der Waals surface area contributed by atoms with E-state index in [0.717, 1.165) is 22.2 Å².